The van der Waals surface area contributed by atoms with Gasteiger partial charge < -0.3 is 26.4 Å². The van der Waals surface area contributed by atoms with Crippen LogP contribution in [0.5, 0.6) is 0 Å². The molecular formula is C24H26N6O5S. The standard InChI is InChI=1S/C24H26N6O5S/c1-14-4-8-17(9-5-14)27-24(34)28-18-10-6-16(7-11-18)20-19(21(25)32)22(36-30-20)29-23(33)26-12-3-13-35-15(2)31/h4-11H,3,12-13H2,1-2H3,(H2,25,32)(H2,26,29,33)(H2,27,28,34). The van der Waals surface area contributed by atoms with Gasteiger partial charge in [-0.1, -0.05) is 29.8 Å². The number of nitrogens with one attached hydrogen (secondary N) is 4. The van der Waals surface area contributed by atoms with E-state index in [-0.39, 0.29) is 23.7 Å². The van der Waals surface area contributed by atoms with Crippen molar-refractivity contribution in [3.63, 3.8) is 0 Å². The topological polar surface area (TPSA) is 165 Å². The molecule has 0 saturated carbocycles. The van der Waals surface area contributed by atoms with Gasteiger partial charge in [0.1, 0.15) is 10.6 Å². The molecule has 0 aliphatic rings. The quantitative estimate of drug-likeness (QED) is 0.216. The van der Waals surface area contributed by atoms with E-state index in [1.807, 2.05) is 19.1 Å². The van der Waals surface area contributed by atoms with Gasteiger partial charge in [-0.05, 0) is 49.1 Å². The van der Waals surface area contributed by atoms with Crippen LogP contribution >= 0.6 is 11.5 Å². The summed E-state index contributed by atoms with van der Waals surface area (Å²) in [7, 11) is 0. The van der Waals surface area contributed by atoms with Crippen molar-refractivity contribution in [1.82, 2.24) is 9.69 Å². The Morgan fingerprint density at radius 3 is 2.11 bits per heavy atom. The van der Waals surface area contributed by atoms with Gasteiger partial charge in [0, 0.05) is 30.4 Å². The minimum atomic E-state index is -0.747. The summed E-state index contributed by atoms with van der Waals surface area (Å²) in [6.45, 7) is 3.72. The molecule has 0 bridgehead atoms. The molecule has 0 fully saturated rings. The number of benzene rings is 2. The van der Waals surface area contributed by atoms with E-state index in [1.54, 1.807) is 36.4 Å². The molecule has 1 heterocycles. The molecule has 11 nitrogen and oxygen atoms in total. The van der Waals surface area contributed by atoms with E-state index in [9.17, 15) is 19.2 Å². The predicted molar refractivity (Wildman–Crippen MR) is 138 cm³/mol. The molecule has 12 heteroatoms. The number of amides is 5. The second-order valence-corrected chi connectivity index (χ2v) is 8.47. The number of rotatable bonds is 9. The minimum absolute atomic E-state index is 0.0767. The number of nitrogens with zero attached hydrogens (tertiary/aromatic N) is 1. The SMILES string of the molecule is CC(=O)OCCCNC(=O)Nc1snc(-c2ccc(NC(=O)Nc3ccc(C)cc3)cc2)c1C(N)=O. The molecule has 0 atom stereocenters. The molecule has 3 aromatic rings. The first-order valence-electron chi connectivity index (χ1n) is 11.0. The highest BCUT2D eigenvalue weighted by Crippen LogP contribution is 2.32. The lowest BCUT2D eigenvalue weighted by atomic mass is 10.1. The molecular weight excluding hydrogens is 484 g/mol. The minimum Gasteiger partial charge on any atom is -0.466 e. The lowest BCUT2D eigenvalue weighted by molar-refractivity contribution is -0.140. The van der Waals surface area contributed by atoms with E-state index in [1.165, 1.54) is 6.92 Å². The monoisotopic (exact) mass is 510 g/mol. The summed E-state index contributed by atoms with van der Waals surface area (Å²) >= 11 is 0.920. The van der Waals surface area contributed by atoms with E-state index >= 15 is 0 Å². The number of esters is 1. The Balaban J connectivity index is 1.61. The van der Waals surface area contributed by atoms with Crippen molar-refractivity contribution in [2.75, 3.05) is 29.1 Å². The number of carbonyl (C=O) groups excluding carboxylic acids is 4. The lowest BCUT2D eigenvalue weighted by Gasteiger charge is -2.09. The van der Waals surface area contributed by atoms with Gasteiger partial charge in [-0.3, -0.25) is 14.9 Å². The first-order valence-corrected chi connectivity index (χ1v) is 11.7. The van der Waals surface area contributed by atoms with Crippen LogP contribution in [0.2, 0.25) is 0 Å². The van der Waals surface area contributed by atoms with E-state index in [2.05, 4.69) is 25.6 Å². The highest BCUT2D eigenvalue weighted by Gasteiger charge is 2.21. The van der Waals surface area contributed by atoms with Crippen LogP contribution in [-0.4, -0.2) is 41.5 Å². The third-order valence-electron chi connectivity index (χ3n) is 4.80. The van der Waals surface area contributed by atoms with E-state index < -0.39 is 23.9 Å². The Hall–Kier alpha value is -4.45. The smallest absolute Gasteiger partial charge is 0.323 e. The maximum Gasteiger partial charge on any atom is 0.323 e. The van der Waals surface area contributed by atoms with Gasteiger partial charge in [0.25, 0.3) is 5.91 Å². The summed E-state index contributed by atoms with van der Waals surface area (Å²) in [6, 6.07) is 13.2. The zero-order valence-electron chi connectivity index (χ0n) is 19.7. The van der Waals surface area contributed by atoms with Crippen LogP contribution in [0.25, 0.3) is 11.3 Å². The van der Waals surface area contributed by atoms with Gasteiger partial charge in [-0.25, -0.2) is 9.59 Å². The van der Waals surface area contributed by atoms with Crippen molar-refractivity contribution < 1.29 is 23.9 Å². The van der Waals surface area contributed by atoms with Crippen LogP contribution in [0.3, 0.4) is 0 Å². The maximum absolute atomic E-state index is 12.3. The number of hydrogen-bond acceptors (Lipinski definition) is 7. The second-order valence-electron chi connectivity index (χ2n) is 7.70. The molecule has 0 aliphatic carbocycles. The van der Waals surface area contributed by atoms with Crippen LogP contribution in [0.4, 0.5) is 26.0 Å². The highest BCUT2D eigenvalue weighted by molar-refractivity contribution is 7.11. The van der Waals surface area contributed by atoms with Crippen LogP contribution < -0.4 is 27.0 Å². The number of nitrogens with two attached hydrogens (primary N) is 1. The number of hydrogen-bond donors (Lipinski definition) is 5. The molecule has 0 aliphatic heterocycles. The fourth-order valence-corrected chi connectivity index (χ4v) is 3.89. The fourth-order valence-electron chi connectivity index (χ4n) is 3.08. The summed E-state index contributed by atoms with van der Waals surface area (Å²) in [5.41, 5.74) is 8.82. The second kappa shape index (κ2) is 12.3. The molecule has 6 N–H and O–H groups in total. The van der Waals surface area contributed by atoms with Crippen LogP contribution in [0, 0.1) is 6.92 Å². The summed E-state index contributed by atoms with van der Waals surface area (Å²) in [5, 5.41) is 10.9. The molecule has 3 rings (SSSR count). The third kappa shape index (κ3) is 7.53. The van der Waals surface area contributed by atoms with Gasteiger partial charge in [0.15, 0.2) is 0 Å². The third-order valence-corrected chi connectivity index (χ3v) is 5.57. The fraction of sp³-hybridized carbons (Fsp3) is 0.208. The van der Waals surface area contributed by atoms with Crippen LogP contribution in [-0.2, 0) is 9.53 Å². The van der Waals surface area contributed by atoms with Crippen molar-refractivity contribution >= 4 is 51.8 Å². The number of urea groups is 2. The normalized spacial score (nSPS) is 10.3. The van der Waals surface area contributed by atoms with E-state index in [0.717, 1.165) is 17.1 Å². The van der Waals surface area contributed by atoms with E-state index in [0.29, 0.717) is 29.1 Å². The first-order chi connectivity index (χ1) is 17.2. The molecule has 1 aromatic heterocycles. The molecule has 188 valence electrons. The van der Waals surface area contributed by atoms with Crippen LogP contribution in [0.15, 0.2) is 48.5 Å². The molecule has 0 saturated heterocycles. The van der Waals surface area contributed by atoms with Crippen molar-refractivity contribution in [2.45, 2.75) is 20.3 Å². The van der Waals surface area contributed by atoms with Crippen molar-refractivity contribution in [1.29, 1.82) is 0 Å². The van der Waals surface area contributed by atoms with E-state index in [4.69, 9.17) is 10.5 Å². The Bertz CT molecular complexity index is 1240. The number of aromatic nitrogens is 1. The predicted octanol–water partition coefficient (Wildman–Crippen LogP) is 3.94. The van der Waals surface area contributed by atoms with Crippen molar-refractivity contribution in [2.24, 2.45) is 5.73 Å². The number of anilines is 3. The van der Waals surface area contributed by atoms with Crippen LogP contribution in [0.1, 0.15) is 29.3 Å². The molecule has 0 unspecified atom stereocenters. The van der Waals surface area contributed by atoms with Gasteiger partial charge in [0.2, 0.25) is 0 Å². The van der Waals surface area contributed by atoms with Crippen molar-refractivity contribution in [3.8, 4) is 11.3 Å². The molecule has 36 heavy (non-hydrogen) atoms. The van der Waals surface area contributed by atoms with Gasteiger partial charge in [0.05, 0.1) is 12.3 Å². The number of ether oxygens (including phenoxy) is 1. The largest absolute Gasteiger partial charge is 0.466 e. The Morgan fingerprint density at radius 2 is 1.53 bits per heavy atom. The number of carbonyl (C=O) groups is 4. The summed E-state index contributed by atoms with van der Waals surface area (Å²) in [6.07, 6.45) is 0.438. The summed E-state index contributed by atoms with van der Waals surface area (Å²) < 4.78 is 9.08. The average Bonchev–Trinajstić information content (AvgIpc) is 3.24. The summed E-state index contributed by atoms with van der Waals surface area (Å²) in [5.74, 6) is -1.14. The van der Waals surface area contributed by atoms with Gasteiger partial charge in [-0.15, -0.1) is 0 Å². The zero-order chi connectivity index (χ0) is 26.1. The molecule has 5 amide bonds. The highest BCUT2D eigenvalue weighted by atomic mass is 32.1. The number of aryl methyl sites for hydroxylation is 1. The molecule has 0 spiro atoms. The Morgan fingerprint density at radius 1 is 0.917 bits per heavy atom. The maximum atomic E-state index is 12.3. The summed E-state index contributed by atoms with van der Waals surface area (Å²) in [4.78, 5) is 47.3. The zero-order valence-corrected chi connectivity index (χ0v) is 20.5. The lowest BCUT2D eigenvalue weighted by Crippen LogP contribution is -2.30. The molecule has 0 radical (unpaired) electrons. The Labute approximate surface area is 211 Å². The first kappa shape index (κ1) is 26.2. The Kier molecular flexibility index (Phi) is 8.95. The molecule has 2 aromatic carbocycles. The van der Waals surface area contributed by atoms with Gasteiger partial charge >= 0.3 is 18.0 Å². The van der Waals surface area contributed by atoms with Gasteiger partial charge in [-0.2, -0.15) is 4.37 Å². The van der Waals surface area contributed by atoms with Crippen molar-refractivity contribution in [3.05, 3.63) is 59.7 Å². The average molecular weight is 511 g/mol. The number of primary amides is 1.